The molecule has 0 saturated heterocycles. The van der Waals surface area contributed by atoms with Gasteiger partial charge in [-0.15, -0.1) is 0 Å². The molecule has 0 bridgehead atoms. The van der Waals surface area contributed by atoms with Crippen LogP contribution in [-0.4, -0.2) is 28.2 Å². The van der Waals surface area contributed by atoms with Crippen LogP contribution in [0.2, 0.25) is 0 Å². The van der Waals surface area contributed by atoms with E-state index in [2.05, 4.69) is 15.5 Å². The third kappa shape index (κ3) is 5.39. The summed E-state index contributed by atoms with van der Waals surface area (Å²) in [6, 6.07) is 7.50. The predicted molar refractivity (Wildman–Crippen MR) is 87.1 cm³/mol. The van der Waals surface area contributed by atoms with E-state index in [4.69, 9.17) is 9.26 Å². The standard InChI is InChI=1S/C17H23N3O3/c1-5-22-13-8-6-12(7-9-13)16-18-15(23-20-16)11-10-14(21)19-17(2,3)4/h6-9H,5,10-11H2,1-4H3,(H,19,21). The molecule has 1 N–H and O–H groups in total. The highest BCUT2D eigenvalue weighted by Gasteiger charge is 2.15. The highest BCUT2D eigenvalue weighted by Crippen LogP contribution is 2.20. The Morgan fingerprint density at radius 2 is 1.96 bits per heavy atom. The molecule has 2 aromatic rings. The summed E-state index contributed by atoms with van der Waals surface area (Å²) in [7, 11) is 0. The molecule has 1 aromatic carbocycles. The third-order valence-electron chi connectivity index (χ3n) is 2.97. The van der Waals surface area contributed by atoms with Crippen molar-refractivity contribution in [2.45, 2.75) is 46.1 Å². The molecule has 0 aliphatic rings. The number of aryl methyl sites for hydroxylation is 1. The van der Waals surface area contributed by atoms with E-state index in [1.807, 2.05) is 52.0 Å². The molecule has 1 heterocycles. The number of aromatic nitrogens is 2. The van der Waals surface area contributed by atoms with E-state index < -0.39 is 0 Å². The maximum atomic E-state index is 11.8. The molecule has 1 aromatic heterocycles. The molecule has 6 nitrogen and oxygen atoms in total. The Kier molecular flexibility index (Phi) is 5.36. The van der Waals surface area contributed by atoms with Crippen LogP contribution < -0.4 is 10.1 Å². The molecule has 0 saturated carbocycles. The van der Waals surface area contributed by atoms with Gasteiger partial charge in [0.05, 0.1) is 6.61 Å². The van der Waals surface area contributed by atoms with Gasteiger partial charge in [0.2, 0.25) is 17.6 Å². The van der Waals surface area contributed by atoms with Gasteiger partial charge in [-0.3, -0.25) is 4.79 Å². The molecule has 0 spiro atoms. The second-order valence-electron chi connectivity index (χ2n) is 6.27. The van der Waals surface area contributed by atoms with Crippen LogP contribution >= 0.6 is 0 Å². The lowest BCUT2D eigenvalue weighted by Crippen LogP contribution is -2.40. The maximum Gasteiger partial charge on any atom is 0.227 e. The molecule has 124 valence electrons. The quantitative estimate of drug-likeness (QED) is 0.886. The average Bonchev–Trinajstić information content (AvgIpc) is 2.93. The van der Waals surface area contributed by atoms with Crippen molar-refractivity contribution in [2.75, 3.05) is 6.61 Å². The Morgan fingerprint density at radius 3 is 2.57 bits per heavy atom. The zero-order valence-electron chi connectivity index (χ0n) is 14.0. The highest BCUT2D eigenvalue weighted by molar-refractivity contribution is 5.76. The van der Waals surface area contributed by atoms with Gasteiger partial charge in [0.15, 0.2) is 0 Å². The van der Waals surface area contributed by atoms with Gasteiger partial charge >= 0.3 is 0 Å². The van der Waals surface area contributed by atoms with E-state index in [9.17, 15) is 4.79 Å². The van der Waals surface area contributed by atoms with E-state index in [-0.39, 0.29) is 11.4 Å². The molecular formula is C17H23N3O3. The summed E-state index contributed by atoms with van der Waals surface area (Å²) in [5.74, 6) is 1.74. The molecular weight excluding hydrogens is 294 g/mol. The fourth-order valence-corrected chi connectivity index (χ4v) is 2.04. The van der Waals surface area contributed by atoms with Gasteiger partial charge in [0, 0.05) is 23.9 Å². The summed E-state index contributed by atoms with van der Waals surface area (Å²) in [5.41, 5.74) is 0.613. The normalized spacial score (nSPS) is 11.3. The summed E-state index contributed by atoms with van der Waals surface area (Å²) in [6.45, 7) is 8.41. The summed E-state index contributed by atoms with van der Waals surface area (Å²) >= 11 is 0. The number of carbonyl (C=O) groups is 1. The fraction of sp³-hybridized carbons (Fsp3) is 0.471. The van der Waals surface area contributed by atoms with Crippen LogP contribution in [0.1, 0.15) is 40.0 Å². The molecule has 0 fully saturated rings. The maximum absolute atomic E-state index is 11.8. The van der Waals surface area contributed by atoms with Crippen molar-refractivity contribution in [1.29, 1.82) is 0 Å². The molecule has 0 unspecified atom stereocenters. The Bertz CT molecular complexity index is 642. The summed E-state index contributed by atoms with van der Waals surface area (Å²) in [4.78, 5) is 16.1. The van der Waals surface area contributed by atoms with Crippen LogP contribution in [0.3, 0.4) is 0 Å². The SMILES string of the molecule is CCOc1ccc(-c2noc(CCC(=O)NC(C)(C)C)n2)cc1. The van der Waals surface area contributed by atoms with Crippen LogP contribution in [0.4, 0.5) is 0 Å². The largest absolute Gasteiger partial charge is 0.494 e. The minimum atomic E-state index is -0.237. The van der Waals surface area contributed by atoms with E-state index in [0.717, 1.165) is 11.3 Å². The van der Waals surface area contributed by atoms with Crippen LogP contribution in [0.15, 0.2) is 28.8 Å². The lowest BCUT2D eigenvalue weighted by atomic mass is 10.1. The Hall–Kier alpha value is -2.37. The van der Waals surface area contributed by atoms with Gasteiger partial charge in [-0.2, -0.15) is 4.98 Å². The smallest absolute Gasteiger partial charge is 0.227 e. The molecule has 0 atom stereocenters. The molecule has 1 amide bonds. The zero-order chi connectivity index (χ0) is 16.9. The average molecular weight is 317 g/mol. The number of hydrogen-bond donors (Lipinski definition) is 1. The van der Waals surface area contributed by atoms with E-state index in [1.54, 1.807) is 0 Å². The number of rotatable bonds is 6. The fourth-order valence-electron chi connectivity index (χ4n) is 2.04. The lowest BCUT2D eigenvalue weighted by molar-refractivity contribution is -0.122. The Labute approximate surface area is 136 Å². The van der Waals surface area contributed by atoms with Crippen molar-refractivity contribution >= 4 is 5.91 Å². The van der Waals surface area contributed by atoms with Gasteiger partial charge < -0.3 is 14.6 Å². The van der Waals surface area contributed by atoms with Crippen molar-refractivity contribution < 1.29 is 14.1 Å². The number of amides is 1. The number of ether oxygens (including phenoxy) is 1. The predicted octanol–water partition coefficient (Wildman–Crippen LogP) is 2.98. The third-order valence-corrected chi connectivity index (χ3v) is 2.97. The number of nitrogens with one attached hydrogen (secondary N) is 1. The van der Waals surface area contributed by atoms with Crippen LogP contribution in [0.25, 0.3) is 11.4 Å². The van der Waals surface area contributed by atoms with Crippen molar-refractivity contribution in [2.24, 2.45) is 0 Å². The van der Waals surface area contributed by atoms with Gasteiger partial charge in [-0.25, -0.2) is 0 Å². The first-order valence-corrected chi connectivity index (χ1v) is 7.74. The first-order chi connectivity index (χ1) is 10.9. The minimum absolute atomic E-state index is 0.0293. The number of benzene rings is 1. The van der Waals surface area contributed by atoms with Crippen LogP contribution in [-0.2, 0) is 11.2 Å². The van der Waals surface area contributed by atoms with E-state index in [0.29, 0.717) is 31.2 Å². The number of carbonyl (C=O) groups excluding carboxylic acids is 1. The van der Waals surface area contributed by atoms with Crippen LogP contribution in [0.5, 0.6) is 5.75 Å². The van der Waals surface area contributed by atoms with Crippen molar-refractivity contribution in [1.82, 2.24) is 15.5 Å². The van der Waals surface area contributed by atoms with Gasteiger partial charge in [-0.1, -0.05) is 5.16 Å². The summed E-state index contributed by atoms with van der Waals surface area (Å²) < 4.78 is 10.6. The van der Waals surface area contributed by atoms with Gasteiger partial charge in [-0.05, 0) is 52.0 Å². The lowest BCUT2D eigenvalue weighted by Gasteiger charge is -2.20. The van der Waals surface area contributed by atoms with Crippen LogP contribution in [0, 0.1) is 0 Å². The van der Waals surface area contributed by atoms with Crippen molar-refractivity contribution in [3.63, 3.8) is 0 Å². The first-order valence-electron chi connectivity index (χ1n) is 7.74. The minimum Gasteiger partial charge on any atom is -0.494 e. The number of nitrogens with zero attached hydrogens (tertiary/aromatic N) is 2. The molecule has 0 radical (unpaired) electrons. The van der Waals surface area contributed by atoms with Crippen molar-refractivity contribution in [3.8, 4) is 17.1 Å². The zero-order valence-corrected chi connectivity index (χ0v) is 14.0. The summed E-state index contributed by atoms with van der Waals surface area (Å²) in [5, 5.41) is 6.86. The first kappa shape index (κ1) is 17.0. The van der Waals surface area contributed by atoms with Gasteiger partial charge in [0.25, 0.3) is 0 Å². The molecule has 0 aliphatic carbocycles. The molecule has 23 heavy (non-hydrogen) atoms. The monoisotopic (exact) mass is 317 g/mol. The molecule has 2 rings (SSSR count). The summed E-state index contributed by atoms with van der Waals surface area (Å²) in [6.07, 6.45) is 0.744. The van der Waals surface area contributed by atoms with Gasteiger partial charge in [0.1, 0.15) is 5.75 Å². The Morgan fingerprint density at radius 1 is 1.26 bits per heavy atom. The second-order valence-corrected chi connectivity index (χ2v) is 6.27. The van der Waals surface area contributed by atoms with Crippen molar-refractivity contribution in [3.05, 3.63) is 30.2 Å². The molecule has 6 heteroatoms. The van der Waals surface area contributed by atoms with E-state index in [1.165, 1.54) is 0 Å². The Balaban J connectivity index is 1.94. The second kappa shape index (κ2) is 7.26. The molecule has 0 aliphatic heterocycles. The number of hydrogen-bond acceptors (Lipinski definition) is 5. The van der Waals surface area contributed by atoms with E-state index >= 15 is 0 Å². The topological polar surface area (TPSA) is 77.2 Å². The highest BCUT2D eigenvalue weighted by atomic mass is 16.5.